The van der Waals surface area contributed by atoms with Crippen molar-refractivity contribution in [1.29, 1.82) is 0 Å². The number of rotatable bonds is 7. The van der Waals surface area contributed by atoms with Gasteiger partial charge in [-0.25, -0.2) is 0 Å². The number of likely N-dealkylation sites (N-methyl/N-ethyl adjacent to an activating group) is 1. The van der Waals surface area contributed by atoms with Crippen LogP contribution < -0.4 is 4.74 Å². The van der Waals surface area contributed by atoms with E-state index in [4.69, 9.17) is 4.74 Å². The maximum atomic E-state index is 11.4. The molecule has 0 aliphatic carbocycles. The van der Waals surface area contributed by atoms with Gasteiger partial charge in [0, 0.05) is 6.54 Å². The molecule has 3 heteroatoms. The Hall–Kier alpha value is -2.13. The highest BCUT2D eigenvalue weighted by Crippen LogP contribution is 2.24. The third kappa shape index (κ3) is 4.43. The molecule has 110 valence electrons. The smallest absolute Gasteiger partial charge is 0.131 e. The summed E-state index contributed by atoms with van der Waals surface area (Å²) in [6.45, 7) is 1.53. The Morgan fingerprint density at radius 2 is 1.62 bits per heavy atom. The van der Waals surface area contributed by atoms with Gasteiger partial charge >= 0.3 is 0 Å². The number of hydrogen-bond donors (Lipinski definition) is 0. The second-order valence-electron chi connectivity index (χ2n) is 5.25. The first-order valence-electron chi connectivity index (χ1n) is 7.08. The van der Waals surface area contributed by atoms with Gasteiger partial charge in [-0.3, -0.25) is 0 Å². The van der Waals surface area contributed by atoms with E-state index in [0.717, 1.165) is 29.7 Å². The zero-order chi connectivity index (χ0) is 15.1. The highest BCUT2D eigenvalue weighted by atomic mass is 16.5. The molecule has 0 spiro atoms. The lowest BCUT2D eigenvalue weighted by atomic mass is 9.93. The molecule has 0 aromatic heterocycles. The van der Waals surface area contributed by atoms with Crippen LogP contribution in [-0.4, -0.2) is 38.4 Å². The minimum absolute atomic E-state index is 0.220. The largest absolute Gasteiger partial charge is 0.492 e. The third-order valence-corrected chi connectivity index (χ3v) is 3.34. The van der Waals surface area contributed by atoms with Gasteiger partial charge < -0.3 is 14.4 Å². The molecule has 21 heavy (non-hydrogen) atoms. The fourth-order valence-corrected chi connectivity index (χ4v) is 2.13. The van der Waals surface area contributed by atoms with Crippen LogP contribution in [0.3, 0.4) is 0 Å². The Bertz CT molecular complexity index is 549. The van der Waals surface area contributed by atoms with Crippen molar-refractivity contribution < 1.29 is 9.53 Å². The van der Waals surface area contributed by atoms with E-state index < -0.39 is 0 Å². The zero-order valence-electron chi connectivity index (χ0n) is 12.5. The maximum Gasteiger partial charge on any atom is 0.131 e. The van der Waals surface area contributed by atoms with Crippen molar-refractivity contribution in [3.8, 4) is 5.75 Å². The predicted molar refractivity (Wildman–Crippen MR) is 84.8 cm³/mol. The molecule has 0 N–H and O–H groups in total. The molecule has 0 aliphatic rings. The van der Waals surface area contributed by atoms with Gasteiger partial charge in [-0.15, -0.1) is 0 Å². The van der Waals surface area contributed by atoms with Gasteiger partial charge in [-0.05, 0) is 37.4 Å². The highest BCUT2D eigenvalue weighted by Gasteiger charge is 2.12. The molecule has 0 saturated heterocycles. The van der Waals surface area contributed by atoms with E-state index in [1.54, 1.807) is 0 Å². The second kappa shape index (κ2) is 7.60. The number of hydrogen-bond acceptors (Lipinski definition) is 3. The van der Waals surface area contributed by atoms with Crippen molar-refractivity contribution >= 4 is 6.29 Å². The van der Waals surface area contributed by atoms with Gasteiger partial charge in [-0.1, -0.05) is 42.5 Å². The van der Waals surface area contributed by atoms with E-state index in [1.807, 2.05) is 68.7 Å². The van der Waals surface area contributed by atoms with Crippen LogP contribution in [0, 0.1) is 0 Å². The first kappa shape index (κ1) is 15.3. The van der Waals surface area contributed by atoms with Gasteiger partial charge in [0.25, 0.3) is 0 Å². The van der Waals surface area contributed by atoms with Crippen molar-refractivity contribution in [2.75, 3.05) is 27.2 Å². The Morgan fingerprint density at radius 3 is 2.19 bits per heavy atom. The van der Waals surface area contributed by atoms with Crippen LogP contribution in [0.5, 0.6) is 5.75 Å². The molecule has 1 atom stereocenters. The van der Waals surface area contributed by atoms with Crippen LogP contribution in [-0.2, 0) is 4.79 Å². The van der Waals surface area contributed by atoms with Gasteiger partial charge in [-0.2, -0.15) is 0 Å². The van der Waals surface area contributed by atoms with E-state index in [9.17, 15) is 4.79 Å². The number of carbonyl (C=O) groups excluding carboxylic acids is 1. The third-order valence-electron chi connectivity index (χ3n) is 3.34. The summed E-state index contributed by atoms with van der Waals surface area (Å²) in [7, 11) is 4.03. The molecule has 0 radical (unpaired) electrons. The number of aldehydes is 1. The lowest BCUT2D eigenvalue weighted by molar-refractivity contribution is -0.108. The molecule has 2 aromatic rings. The van der Waals surface area contributed by atoms with Crippen molar-refractivity contribution in [2.24, 2.45) is 0 Å². The Balaban J connectivity index is 2.05. The predicted octanol–water partition coefficient (Wildman–Crippen LogP) is 2.96. The van der Waals surface area contributed by atoms with Crippen LogP contribution in [0.4, 0.5) is 0 Å². The summed E-state index contributed by atoms with van der Waals surface area (Å²) in [5.74, 6) is 0.611. The van der Waals surface area contributed by atoms with E-state index in [0.29, 0.717) is 6.61 Å². The van der Waals surface area contributed by atoms with Gasteiger partial charge in [0.15, 0.2) is 0 Å². The fourth-order valence-electron chi connectivity index (χ4n) is 2.13. The van der Waals surface area contributed by atoms with Crippen LogP contribution in [0.2, 0.25) is 0 Å². The Kier molecular flexibility index (Phi) is 5.52. The van der Waals surface area contributed by atoms with E-state index in [1.165, 1.54) is 0 Å². The summed E-state index contributed by atoms with van der Waals surface area (Å²) in [6, 6.07) is 17.5. The average molecular weight is 283 g/mol. The lowest BCUT2D eigenvalue weighted by Gasteiger charge is -2.13. The van der Waals surface area contributed by atoms with Crippen molar-refractivity contribution in [2.45, 2.75) is 5.92 Å². The molecular formula is C18H21NO2. The van der Waals surface area contributed by atoms with Gasteiger partial charge in [0.2, 0.25) is 0 Å². The molecule has 2 rings (SSSR count). The normalized spacial score (nSPS) is 12.1. The van der Waals surface area contributed by atoms with Crippen molar-refractivity contribution in [3.05, 3.63) is 65.7 Å². The number of benzene rings is 2. The maximum absolute atomic E-state index is 11.4. The minimum atomic E-state index is -0.220. The summed E-state index contributed by atoms with van der Waals surface area (Å²) in [4.78, 5) is 13.5. The first-order valence-corrected chi connectivity index (χ1v) is 7.08. The SMILES string of the molecule is CN(C)CCOc1ccc([C@@H](C=O)c2ccccc2)cc1. The van der Waals surface area contributed by atoms with Crippen LogP contribution in [0.1, 0.15) is 17.0 Å². The van der Waals surface area contributed by atoms with Crippen molar-refractivity contribution in [3.63, 3.8) is 0 Å². The van der Waals surface area contributed by atoms with Gasteiger partial charge in [0.1, 0.15) is 18.6 Å². The Morgan fingerprint density at radius 1 is 1.00 bits per heavy atom. The van der Waals surface area contributed by atoms with E-state index >= 15 is 0 Å². The van der Waals surface area contributed by atoms with Crippen LogP contribution in [0.25, 0.3) is 0 Å². The average Bonchev–Trinajstić information content (AvgIpc) is 2.50. The first-order chi connectivity index (χ1) is 10.2. The van der Waals surface area contributed by atoms with Crippen LogP contribution >= 0.6 is 0 Å². The molecule has 0 heterocycles. The summed E-state index contributed by atoms with van der Waals surface area (Å²) in [5, 5.41) is 0. The van der Waals surface area contributed by atoms with E-state index in [2.05, 4.69) is 4.90 Å². The molecular weight excluding hydrogens is 262 g/mol. The molecule has 0 aliphatic heterocycles. The summed E-state index contributed by atoms with van der Waals surface area (Å²) >= 11 is 0. The van der Waals surface area contributed by atoms with Gasteiger partial charge in [0.05, 0.1) is 5.92 Å². The minimum Gasteiger partial charge on any atom is -0.492 e. The van der Waals surface area contributed by atoms with Crippen LogP contribution in [0.15, 0.2) is 54.6 Å². The fraction of sp³-hybridized carbons (Fsp3) is 0.278. The number of carbonyl (C=O) groups is 1. The molecule has 0 bridgehead atoms. The Labute approximate surface area is 126 Å². The summed E-state index contributed by atoms with van der Waals surface area (Å²) in [5.41, 5.74) is 1.99. The topological polar surface area (TPSA) is 29.5 Å². The molecule has 0 amide bonds. The second-order valence-corrected chi connectivity index (χ2v) is 5.25. The highest BCUT2D eigenvalue weighted by molar-refractivity contribution is 5.68. The molecule has 2 aromatic carbocycles. The number of nitrogens with zero attached hydrogens (tertiary/aromatic N) is 1. The standard InChI is InChI=1S/C18H21NO2/c1-19(2)12-13-21-17-10-8-16(9-11-17)18(14-20)15-6-4-3-5-7-15/h3-11,14,18H,12-13H2,1-2H3/t18-/m0/s1. The monoisotopic (exact) mass is 283 g/mol. The quantitative estimate of drug-likeness (QED) is 0.732. The summed E-state index contributed by atoms with van der Waals surface area (Å²) in [6.07, 6.45) is 0.983. The zero-order valence-corrected chi connectivity index (χ0v) is 12.5. The molecule has 0 unspecified atom stereocenters. The molecule has 0 saturated carbocycles. The number of ether oxygens (including phenoxy) is 1. The lowest BCUT2D eigenvalue weighted by Crippen LogP contribution is -2.19. The van der Waals surface area contributed by atoms with Crippen molar-refractivity contribution in [1.82, 2.24) is 4.90 Å². The molecule has 3 nitrogen and oxygen atoms in total. The summed E-state index contributed by atoms with van der Waals surface area (Å²) < 4.78 is 5.66. The van der Waals surface area contributed by atoms with E-state index in [-0.39, 0.29) is 5.92 Å². The molecule has 0 fully saturated rings.